The molecule has 2 rings (SSSR count). The average Bonchev–Trinajstić information content (AvgIpc) is 2.43. The number of rotatable bonds is 4. The molecule has 7 heteroatoms. The smallest absolute Gasteiger partial charge is 0.261 e. The lowest BCUT2D eigenvalue weighted by Gasteiger charge is -2.11. The Balaban J connectivity index is 2.33. The molecule has 0 spiro atoms. The number of sulfonamides is 1. The van der Waals surface area contributed by atoms with Crippen LogP contribution in [0.15, 0.2) is 47.4 Å². The van der Waals surface area contributed by atoms with E-state index >= 15 is 0 Å². The van der Waals surface area contributed by atoms with E-state index in [1.165, 1.54) is 37.3 Å². The summed E-state index contributed by atoms with van der Waals surface area (Å²) >= 11 is 5.54. The van der Waals surface area contributed by atoms with Crippen LogP contribution in [0.5, 0.6) is 0 Å². The first-order valence-electron chi connectivity index (χ1n) is 6.05. The van der Waals surface area contributed by atoms with E-state index in [-0.39, 0.29) is 15.6 Å². The first kappa shape index (κ1) is 15.8. The molecule has 1 unspecified atom stereocenters. The normalized spacial score (nSPS) is 13.0. The van der Waals surface area contributed by atoms with E-state index < -0.39 is 21.9 Å². The molecule has 0 saturated heterocycles. The zero-order valence-corrected chi connectivity index (χ0v) is 12.6. The van der Waals surface area contributed by atoms with Crippen LogP contribution < -0.4 is 4.72 Å². The number of aliphatic hydroxyl groups is 1. The number of aliphatic hydroxyl groups excluding tert-OH is 1. The van der Waals surface area contributed by atoms with Crippen LogP contribution in [0.2, 0.25) is 5.02 Å². The third-order valence-corrected chi connectivity index (χ3v) is 4.51. The van der Waals surface area contributed by atoms with Crippen LogP contribution in [-0.4, -0.2) is 13.5 Å². The number of nitrogens with one attached hydrogen (secondary N) is 1. The first-order chi connectivity index (χ1) is 9.79. The molecule has 112 valence electrons. The molecule has 0 bridgehead atoms. The van der Waals surface area contributed by atoms with E-state index in [0.717, 1.165) is 6.07 Å². The van der Waals surface area contributed by atoms with Crippen molar-refractivity contribution in [2.75, 3.05) is 4.72 Å². The van der Waals surface area contributed by atoms with Crippen molar-refractivity contribution in [1.29, 1.82) is 0 Å². The fourth-order valence-electron chi connectivity index (χ4n) is 1.72. The molecular formula is C14H13ClFNO3S. The van der Waals surface area contributed by atoms with Crippen LogP contribution in [0.25, 0.3) is 0 Å². The summed E-state index contributed by atoms with van der Waals surface area (Å²) < 4.78 is 40.0. The fraction of sp³-hybridized carbons (Fsp3) is 0.143. The van der Waals surface area contributed by atoms with E-state index in [1.807, 2.05) is 0 Å². The van der Waals surface area contributed by atoms with Crippen LogP contribution in [0.1, 0.15) is 18.6 Å². The SMILES string of the molecule is CC(O)c1cccc(S(=O)(=O)Nc2ccc(Cl)c(F)c2)c1. The minimum absolute atomic E-state index is 0.0174. The average molecular weight is 330 g/mol. The summed E-state index contributed by atoms with van der Waals surface area (Å²) in [6, 6.07) is 9.52. The molecule has 0 aromatic heterocycles. The molecule has 0 amide bonds. The molecule has 2 aromatic rings. The number of anilines is 1. The molecule has 0 aliphatic carbocycles. The molecule has 2 aromatic carbocycles. The second-order valence-corrected chi connectivity index (χ2v) is 6.57. The number of benzene rings is 2. The summed E-state index contributed by atoms with van der Waals surface area (Å²) in [6.45, 7) is 1.54. The molecule has 4 nitrogen and oxygen atoms in total. The molecule has 0 fully saturated rings. The molecular weight excluding hydrogens is 317 g/mol. The van der Waals surface area contributed by atoms with Crippen molar-refractivity contribution in [2.45, 2.75) is 17.9 Å². The van der Waals surface area contributed by atoms with Gasteiger partial charge in [-0.2, -0.15) is 0 Å². The van der Waals surface area contributed by atoms with Crippen molar-refractivity contribution in [2.24, 2.45) is 0 Å². The third kappa shape index (κ3) is 3.72. The van der Waals surface area contributed by atoms with Crippen molar-refractivity contribution in [3.8, 4) is 0 Å². The highest BCUT2D eigenvalue weighted by Crippen LogP contribution is 2.23. The first-order valence-corrected chi connectivity index (χ1v) is 7.91. The fourth-order valence-corrected chi connectivity index (χ4v) is 2.94. The molecule has 0 aliphatic rings. The van der Waals surface area contributed by atoms with Gasteiger partial charge < -0.3 is 5.11 Å². The van der Waals surface area contributed by atoms with E-state index in [0.29, 0.717) is 5.56 Å². The van der Waals surface area contributed by atoms with Crippen LogP contribution in [0.3, 0.4) is 0 Å². The van der Waals surface area contributed by atoms with E-state index in [2.05, 4.69) is 4.72 Å². The largest absolute Gasteiger partial charge is 0.389 e. The Hall–Kier alpha value is -1.63. The van der Waals surface area contributed by atoms with Gasteiger partial charge in [0.15, 0.2) is 0 Å². The van der Waals surface area contributed by atoms with Crippen molar-refractivity contribution < 1.29 is 17.9 Å². The molecule has 1 atom stereocenters. The number of halogens is 2. The molecule has 2 N–H and O–H groups in total. The Morgan fingerprint density at radius 3 is 2.57 bits per heavy atom. The van der Waals surface area contributed by atoms with E-state index in [4.69, 9.17) is 11.6 Å². The van der Waals surface area contributed by atoms with Crippen LogP contribution in [0.4, 0.5) is 10.1 Å². The van der Waals surface area contributed by atoms with Gasteiger partial charge in [-0.05, 0) is 42.8 Å². The highest BCUT2D eigenvalue weighted by Gasteiger charge is 2.16. The predicted octanol–water partition coefficient (Wildman–Crippen LogP) is 3.33. The molecule has 0 aliphatic heterocycles. The molecule has 0 radical (unpaired) electrons. The lowest BCUT2D eigenvalue weighted by Crippen LogP contribution is -2.13. The minimum Gasteiger partial charge on any atom is -0.389 e. The Morgan fingerprint density at radius 2 is 1.95 bits per heavy atom. The summed E-state index contributed by atoms with van der Waals surface area (Å²) in [5.41, 5.74) is 0.541. The highest BCUT2D eigenvalue weighted by atomic mass is 35.5. The quantitative estimate of drug-likeness (QED) is 0.904. The monoisotopic (exact) mass is 329 g/mol. The third-order valence-electron chi connectivity index (χ3n) is 2.82. The van der Waals surface area contributed by atoms with Gasteiger partial charge >= 0.3 is 0 Å². The van der Waals surface area contributed by atoms with Crippen molar-refractivity contribution in [3.63, 3.8) is 0 Å². The molecule has 0 saturated carbocycles. The second kappa shape index (κ2) is 6.01. The Morgan fingerprint density at radius 1 is 1.24 bits per heavy atom. The van der Waals surface area contributed by atoms with Gasteiger partial charge in [-0.25, -0.2) is 12.8 Å². The zero-order valence-electron chi connectivity index (χ0n) is 11.0. The lowest BCUT2D eigenvalue weighted by molar-refractivity contribution is 0.199. The Bertz CT molecular complexity index is 763. The maximum Gasteiger partial charge on any atom is 0.261 e. The minimum atomic E-state index is -3.87. The standard InChI is InChI=1S/C14H13ClFNO3S/c1-9(18)10-3-2-4-12(7-10)21(19,20)17-11-5-6-13(15)14(16)8-11/h2-9,17-18H,1H3. The lowest BCUT2D eigenvalue weighted by atomic mass is 10.1. The van der Waals surface area contributed by atoms with Gasteiger partial charge in [0, 0.05) is 0 Å². The summed E-state index contributed by atoms with van der Waals surface area (Å²) in [7, 11) is -3.87. The van der Waals surface area contributed by atoms with Gasteiger partial charge in [0.1, 0.15) is 5.82 Å². The van der Waals surface area contributed by atoms with Crippen molar-refractivity contribution >= 4 is 27.3 Å². The highest BCUT2D eigenvalue weighted by molar-refractivity contribution is 7.92. The van der Waals surface area contributed by atoms with Crippen LogP contribution in [0, 0.1) is 5.82 Å². The van der Waals surface area contributed by atoms with Gasteiger partial charge in [-0.1, -0.05) is 23.7 Å². The van der Waals surface area contributed by atoms with Gasteiger partial charge in [0.2, 0.25) is 0 Å². The van der Waals surface area contributed by atoms with E-state index in [1.54, 1.807) is 6.07 Å². The zero-order chi connectivity index (χ0) is 15.6. The van der Waals surface area contributed by atoms with Gasteiger partial charge in [-0.15, -0.1) is 0 Å². The topological polar surface area (TPSA) is 66.4 Å². The summed E-state index contributed by atoms with van der Waals surface area (Å²) in [6.07, 6.45) is -0.784. The van der Waals surface area contributed by atoms with E-state index in [9.17, 15) is 17.9 Å². The van der Waals surface area contributed by atoms with Gasteiger partial charge in [0.25, 0.3) is 10.0 Å². The Labute approximate surface area is 127 Å². The predicted molar refractivity (Wildman–Crippen MR) is 79.3 cm³/mol. The van der Waals surface area contributed by atoms with Crippen LogP contribution in [-0.2, 0) is 10.0 Å². The van der Waals surface area contributed by atoms with Crippen LogP contribution >= 0.6 is 11.6 Å². The summed E-state index contributed by atoms with van der Waals surface area (Å²) in [4.78, 5) is -0.0174. The number of hydrogen-bond acceptors (Lipinski definition) is 3. The second-order valence-electron chi connectivity index (χ2n) is 4.48. The van der Waals surface area contributed by atoms with Crippen molar-refractivity contribution in [1.82, 2.24) is 0 Å². The Kier molecular flexibility index (Phi) is 4.51. The maximum atomic E-state index is 13.3. The van der Waals surface area contributed by atoms with Gasteiger partial charge in [0.05, 0.1) is 21.7 Å². The molecule has 21 heavy (non-hydrogen) atoms. The molecule has 0 heterocycles. The summed E-state index contributed by atoms with van der Waals surface area (Å²) in [5, 5.41) is 9.40. The summed E-state index contributed by atoms with van der Waals surface area (Å²) in [5.74, 6) is -0.713. The number of hydrogen-bond donors (Lipinski definition) is 2. The van der Waals surface area contributed by atoms with Gasteiger partial charge in [-0.3, -0.25) is 4.72 Å². The maximum absolute atomic E-state index is 13.3. The van der Waals surface area contributed by atoms with Crippen molar-refractivity contribution in [3.05, 3.63) is 58.9 Å².